The van der Waals surface area contributed by atoms with Crippen LogP contribution in [0.2, 0.25) is 0 Å². The number of thioether (sulfide) groups is 1. The SMILES string of the molecule is Cc1cn(Cc2ccc(C#N)cc2)c(SCC(=O)O)n1. The zero-order valence-electron chi connectivity index (χ0n) is 10.9. The smallest absolute Gasteiger partial charge is 0.313 e. The summed E-state index contributed by atoms with van der Waals surface area (Å²) in [4.78, 5) is 15.0. The van der Waals surface area contributed by atoms with Crippen LogP contribution >= 0.6 is 11.8 Å². The quantitative estimate of drug-likeness (QED) is 0.853. The van der Waals surface area contributed by atoms with Gasteiger partial charge in [0.25, 0.3) is 0 Å². The van der Waals surface area contributed by atoms with Gasteiger partial charge in [-0.3, -0.25) is 4.79 Å². The molecule has 0 spiro atoms. The standard InChI is InChI=1S/C14H13N3O2S/c1-10-7-17(14(16-10)20-9-13(18)19)8-12-4-2-11(6-15)3-5-12/h2-5,7H,8-9H2,1H3,(H,18,19). The Morgan fingerprint density at radius 1 is 1.45 bits per heavy atom. The van der Waals surface area contributed by atoms with Gasteiger partial charge in [0.1, 0.15) is 0 Å². The molecule has 0 saturated heterocycles. The number of aliphatic carboxylic acids is 1. The van der Waals surface area contributed by atoms with Crippen molar-refractivity contribution in [2.24, 2.45) is 0 Å². The number of rotatable bonds is 5. The Hall–Kier alpha value is -2.26. The van der Waals surface area contributed by atoms with Gasteiger partial charge >= 0.3 is 5.97 Å². The average Bonchev–Trinajstić information content (AvgIpc) is 2.77. The number of hydrogen-bond donors (Lipinski definition) is 1. The summed E-state index contributed by atoms with van der Waals surface area (Å²) in [7, 11) is 0. The van der Waals surface area contributed by atoms with E-state index in [-0.39, 0.29) is 5.75 Å². The summed E-state index contributed by atoms with van der Waals surface area (Å²) in [5.41, 5.74) is 2.51. The Labute approximate surface area is 120 Å². The van der Waals surface area contributed by atoms with Crippen LogP contribution in [0.5, 0.6) is 0 Å². The molecule has 102 valence electrons. The number of benzene rings is 1. The molecule has 20 heavy (non-hydrogen) atoms. The Balaban J connectivity index is 2.15. The van der Waals surface area contributed by atoms with Crippen molar-refractivity contribution in [2.45, 2.75) is 18.6 Å². The predicted molar refractivity (Wildman–Crippen MR) is 75.6 cm³/mol. The van der Waals surface area contributed by atoms with Crippen molar-refractivity contribution < 1.29 is 9.90 Å². The highest BCUT2D eigenvalue weighted by atomic mass is 32.2. The number of nitriles is 1. The van der Waals surface area contributed by atoms with Crippen LogP contribution in [-0.2, 0) is 11.3 Å². The molecule has 6 heteroatoms. The number of imidazole rings is 1. The summed E-state index contributed by atoms with van der Waals surface area (Å²) < 4.78 is 1.92. The maximum Gasteiger partial charge on any atom is 0.313 e. The van der Waals surface area contributed by atoms with E-state index in [4.69, 9.17) is 10.4 Å². The zero-order valence-corrected chi connectivity index (χ0v) is 11.7. The van der Waals surface area contributed by atoms with Gasteiger partial charge in [-0.1, -0.05) is 23.9 Å². The predicted octanol–water partition coefficient (Wildman–Crippen LogP) is 2.29. The first-order chi connectivity index (χ1) is 9.58. The second-order valence-corrected chi connectivity index (χ2v) is 5.23. The monoisotopic (exact) mass is 287 g/mol. The van der Waals surface area contributed by atoms with Crippen molar-refractivity contribution in [1.82, 2.24) is 9.55 Å². The molecule has 0 aliphatic heterocycles. The fourth-order valence-corrected chi connectivity index (χ4v) is 2.51. The van der Waals surface area contributed by atoms with Crippen molar-refractivity contribution in [3.63, 3.8) is 0 Å². The van der Waals surface area contributed by atoms with Crippen molar-refractivity contribution in [2.75, 3.05) is 5.75 Å². The van der Waals surface area contributed by atoms with Crippen molar-refractivity contribution in [3.05, 3.63) is 47.3 Å². The highest BCUT2D eigenvalue weighted by Gasteiger charge is 2.09. The number of aromatic nitrogens is 2. The van der Waals surface area contributed by atoms with Crippen LogP contribution in [0.1, 0.15) is 16.8 Å². The average molecular weight is 287 g/mol. The van der Waals surface area contributed by atoms with Crippen LogP contribution in [0.15, 0.2) is 35.6 Å². The van der Waals surface area contributed by atoms with Gasteiger partial charge in [0.05, 0.1) is 23.1 Å². The molecule has 0 atom stereocenters. The van der Waals surface area contributed by atoms with Gasteiger partial charge in [0.15, 0.2) is 5.16 Å². The second-order valence-electron chi connectivity index (χ2n) is 4.28. The minimum atomic E-state index is -0.861. The third kappa shape index (κ3) is 3.62. The fraction of sp³-hybridized carbons (Fsp3) is 0.214. The van der Waals surface area contributed by atoms with Crippen molar-refractivity contribution >= 4 is 17.7 Å². The van der Waals surface area contributed by atoms with Crippen LogP contribution < -0.4 is 0 Å². The van der Waals surface area contributed by atoms with Gasteiger partial charge in [-0.25, -0.2) is 4.98 Å². The number of carboxylic acid groups (broad SMARTS) is 1. The largest absolute Gasteiger partial charge is 0.481 e. The van der Waals surface area contributed by atoms with E-state index in [1.165, 1.54) is 11.8 Å². The third-order valence-corrected chi connectivity index (χ3v) is 3.60. The molecule has 1 heterocycles. The lowest BCUT2D eigenvalue weighted by molar-refractivity contribution is -0.133. The number of carbonyl (C=O) groups is 1. The summed E-state index contributed by atoms with van der Waals surface area (Å²) in [5, 5.41) is 18.2. The summed E-state index contributed by atoms with van der Waals surface area (Å²) in [6, 6.07) is 9.39. The Morgan fingerprint density at radius 2 is 2.15 bits per heavy atom. The summed E-state index contributed by atoms with van der Waals surface area (Å²) in [6.45, 7) is 2.48. The van der Waals surface area contributed by atoms with Gasteiger partial charge in [-0.05, 0) is 24.6 Å². The van der Waals surface area contributed by atoms with Crippen LogP contribution in [-0.4, -0.2) is 26.4 Å². The van der Waals surface area contributed by atoms with E-state index >= 15 is 0 Å². The minimum Gasteiger partial charge on any atom is -0.481 e. The molecule has 0 aliphatic rings. The Kier molecular flexibility index (Phi) is 4.43. The molecule has 1 aromatic heterocycles. The van der Waals surface area contributed by atoms with Gasteiger partial charge in [-0.15, -0.1) is 0 Å². The van der Waals surface area contributed by atoms with E-state index in [1.807, 2.05) is 29.8 Å². The number of hydrogen-bond acceptors (Lipinski definition) is 4. The second kappa shape index (κ2) is 6.26. The highest BCUT2D eigenvalue weighted by Crippen LogP contribution is 2.19. The van der Waals surface area contributed by atoms with Gasteiger partial charge < -0.3 is 9.67 Å². The van der Waals surface area contributed by atoms with E-state index in [0.29, 0.717) is 17.3 Å². The number of aryl methyl sites for hydroxylation is 1. The van der Waals surface area contributed by atoms with E-state index in [2.05, 4.69) is 11.1 Å². The molecule has 0 fully saturated rings. The first kappa shape index (κ1) is 14.2. The lowest BCUT2D eigenvalue weighted by Gasteiger charge is -2.06. The van der Waals surface area contributed by atoms with E-state index < -0.39 is 5.97 Å². The topological polar surface area (TPSA) is 78.9 Å². The first-order valence-corrected chi connectivity index (χ1v) is 6.94. The lowest BCUT2D eigenvalue weighted by Crippen LogP contribution is -2.03. The van der Waals surface area contributed by atoms with Crippen LogP contribution in [0, 0.1) is 18.3 Å². The molecule has 0 amide bonds. The molecule has 0 bridgehead atoms. The highest BCUT2D eigenvalue weighted by molar-refractivity contribution is 7.99. The molecule has 5 nitrogen and oxygen atoms in total. The summed E-state index contributed by atoms with van der Waals surface area (Å²) >= 11 is 1.20. The molecule has 2 aromatic rings. The minimum absolute atomic E-state index is 0.0101. The van der Waals surface area contributed by atoms with Crippen molar-refractivity contribution in [3.8, 4) is 6.07 Å². The molecule has 0 aliphatic carbocycles. The van der Waals surface area contributed by atoms with Crippen LogP contribution in [0.25, 0.3) is 0 Å². The summed E-state index contributed by atoms with van der Waals surface area (Å²) in [5.74, 6) is -0.871. The molecular formula is C14H13N3O2S. The lowest BCUT2D eigenvalue weighted by atomic mass is 10.1. The van der Waals surface area contributed by atoms with E-state index in [9.17, 15) is 4.79 Å². The van der Waals surface area contributed by atoms with E-state index in [0.717, 1.165) is 11.3 Å². The van der Waals surface area contributed by atoms with Crippen LogP contribution in [0.3, 0.4) is 0 Å². The Morgan fingerprint density at radius 3 is 2.75 bits per heavy atom. The maximum absolute atomic E-state index is 10.6. The van der Waals surface area contributed by atoms with Crippen LogP contribution in [0.4, 0.5) is 0 Å². The number of carboxylic acids is 1. The third-order valence-electron chi connectivity index (χ3n) is 2.62. The normalized spacial score (nSPS) is 10.2. The molecule has 0 unspecified atom stereocenters. The Bertz CT molecular complexity index is 656. The van der Waals surface area contributed by atoms with Gasteiger partial charge in [0.2, 0.25) is 0 Å². The summed E-state index contributed by atoms with van der Waals surface area (Å²) in [6.07, 6.45) is 1.89. The zero-order chi connectivity index (χ0) is 14.5. The molecule has 1 aromatic carbocycles. The van der Waals surface area contributed by atoms with Gasteiger partial charge in [0, 0.05) is 12.7 Å². The molecule has 1 N–H and O–H groups in total. The van der Waals surface area contributed by atoms with Gasteiger partial charge in [-0.2, -0.15) is 5.26 Å². The molecule has 2 rings (SSSR count). The molecule has 0 saturated carbocycles. The first-order valence-electron chi connectivity index (χ1n) is 5.96. The maximum atomic E-state index is 10.6. The number of nitrogens with zero attached hydrogens (tertiary/aromatic N) is 3. The van der Waals surface area contributed by atoms with Crippen molar-refractivity contribution in [1.29, 1.82) is 5.26 Å². The molecule has 0 radical (unpaired) electrons. The fourth-order valence-electron chi connectivity index (χ4n) is 1.76. The molecular weight excluding hydrogens is 274 g/mol. The van der Waals surface area contributed by atoms with E-state index in [1.54, 1.807) is 12.1 Å².